The second-order valence-corrected chi connectivity index (χ2v) is 19.1. The van der Waals surface area contributed by atoms with Gasteiger partial charge in [0, 0.05) is 11.1 Å². The largest absolute Gasteiger partial charge is 0.508 e. The first-order valence-corrected chi connectivity index (χ1v) is 28.1. The molecule has 0 N–H and O–H groups in total. The van der Waals surface area contributed by atoms with Gasteiger partial charge < -0.3 is 94.7 Å². The van der Waals surface area contributed by atoms with Crippen molar-refractivity contribution in [2.75, 3.05) is 132 Å². The predicted octanol–water partition coefficient (Wildman–Crippen LogP) is 6.63. The Morgan fingerprint density at radius 2 is 0.533 bits per heavy atom. The van der Waals surface area contributed by atoms with E-state index in [1.165, 1.54) is 62.4 Å². The molecule has 2 aromatic carbocycles. The fraction of sp³-hybridized carbons (Fsp3) is 0.452. The van der Waals surface area contributed by atoms with Crippen molar-refractivity contribution in [2.45, 2.75) is 52.1 Å². The molecule has 92 heavy (non-hydrogen) atoms. The Morgan fingerprint density at radius 1 is 0.326 bits per heavy atom. The average molecular weight is 1300 g/mol. The summed E-state index contributed by atoms with van der Waals surface area (Å²) in [6.07, 6.45) is -9.94. The van der Waals surface area contributed by atoms with Crippen LogP contribution < -0.4 is 0 Å². The second-order valence-electron chi connectivity index (χ2n) is 19.1. The molecule has 0 amide bonds. The molecule has 0 saturated carbocycles. The lowest BCUT2D eigenvalue weighted by molar-refractivity contribution is -0.144. The van der Waals surface area contributed by atoms with Crippen LogP contribution in [-0.2, 0) is 104 Å². The third kappa shape index (κ3) is 32.6. The van der Waals surface area contributed by atoms with Crippen LogP contribution in [0.25, 0.3) is 0 Å². The number of carbonyl (C=O) groups is 10. The molecule has 4 heterocycles. The van der Waals surface area contributed by atoms with Crippen LogP contribution >= 0.6 is 0 Å². The van der Waals surface area contributed by atoms with Crippen molar-refractivity contribution < 1.29 is 143 Å². The van der Waals surface area contributed by atoms with Crippen LogP contribution in [0.15, 0.2) is 122 Å². The Hall–Kier alpha value is -9.78. The van der Waals surface area contributed by atoms with Gasteiger partial charge in [-0.1, -0.05) is 39.5 Å². The standard InChI is InChI=1S/C62H76O30/c1-39(2)43(9)81-31-49-35-85-55(65)45-11-13-46(14-12-45)56(66)86-36-50(32-82-44(10)40(3)4)90-60(70)78-28-24-74-20-22-76-26-30-80-62(72)92-52(34-84-54(64)42(7)8)38-88-58(68)48-17-15-47(16-18-48)57(67)87-37-51(33-83-53(63)41(5)6)91-61(71)79-29-25-75-21-19-73-23-27-77-59(69)89-49/h11-18,49-52H,1,3,5,7,9-10,19-38H2,2,4,6,8H3. The number of rotatable bonds is 14. The third-order valence-electron chi connectivity index (χ3n) is 11.2. The van der Waals surface area contributed by atoms with Crippen LogP contribution in [-0.4, -0.2) is 217 Å². The van der Waals surface area contributed by atoms with Gasteiger partial charge in [-0.25, -0.2) is 47.9 Å². The van der Waals surface area contributed by atoms with E-state index in [4.69, 9.17) is 94.7 Å². The van der Waals surface area contributed by atoms with Crippen molar-refractivity contribution in [1.29, 1.82) is 0 Å². The molecule has 0 saturated heterocycles. The molecule has 30 nitrogen and oxygen atoms in total. The van der Waals surface area contributed by atoms with Crippen molar-refractivity contribution in [3.63, 3.8) is 0 Å². The van der Waals surface area contributed by atoms with Crippen molar-refractivity contribution in [3.8, 4) is 0 Å². The van der Waals surface area contributed by atoms with Crippen molar-refractivity contribution in [3.05, 3.63) is 144 Å². The number of esters is 6. The quantitative estimate of drug-likeness (QED) is 0.0629. The van der Waals surface area contributed by atoms with Gasteiger partial charge in [-0.3, -0.25) is 0 Å². The first-order valence-electron chi connectivity index (χ1n) is 28.1. The molecular weight excluding hydrogens is 1220 g/mol. The lowest BCUT2D eigenvalue weighted by Crippen LogP contribution is -2.31. The van der Waals surface area contributed by atoms with Gasteiger partial charge in [0.05, 0.1) is 75.1 Å². The van der Waals surface area contributed by atoms with Crippen molar-refractivity contribution in [2.24, 2.45) is 0 Å². The Labute approximate surface area is 529 Å². The highest BCUT2D eigenvalue weighted by atomic mass is 16.8. The van der Waals surface area contributed by atoms with E-state index in [9.17, 15) is 47.9 Å². The number of hydrogen-bond acceptors (Lipinski definition) is 30. The number of allylic oxidation sites excluding steroid dienone is 2. The summed E-state index contributed by atoms with van der Waals surface area (Å²) in [4.78, 5) is 127. The van der Waals surface area contributed by atoms with Crippen LogP contribution in [0.4, 0.5) is 19.2 Å². The van der Waals surface area contributed by atoms with E-state index >= 15 is 0 Å². The van der Waals surface area contributed by atoms with Crippen LogP contribution in [0.5, 0.6) is 0 Å². The lowest BCUT2D eigenvalue weighted by atomic mass is 10.1. The molecule has 0 aliphatic carbocycles. The maximum Gasteiger partial charge on any atom is 0.508 e. The van der Waals surface area contributed by atoms with E-state index in [1.54, 1.807) is 13.8 Å². The summed E-state index contributed by atoms with van der Waals surface area (Å²) in [5.74, 6) is -4.96. The first-order chi connectivity index (χ1) is 43.9. The maximum atomic E-state index is 13.1. The zero-order valence-electron chi connectivity index (χ0n) is 51.6. The predicted molar refractivity (Wildman–Crippen MR) is 314 cm³/mol. The van der Waals surface area contributed by atoms with Gasteiger partial charge in [-0.2, -0.15) is 0 Å². The highest BCUT2D eigenvalue weighted by molar-refractivity contribution is 5.94. The van der Waals surface area contributed by atoms with E-state index < -0.39 is 124 Å². The van der Waals surface area contributed by atoms with Crippen molar-refractivity contribution >= 4 is 60.4 Å². The minimum Gasteiger partial charge on any atom is -0.490 e. The molecule has 4 aliphatic heterocycles. The molecule has 6 rings (SSSR count). The Balaban J connectivity index is 1.69. The molecule has 4 atom stereocenters. The molecule has 0 fully saturated rings. The first kappa shape index (κ1) is 76.5. The van der Waals surface area contributed by atoms with E-state index in [2.05, 4.69) is 39.5 Å². The summed E-state index contributed by atoms with van der Waals surface area (Å²) in [5, 5.41) is 0. The van der Waals surface area contributed by atoms with Gasteiger partial charge in [0.15, 0.2) is 24.4 Å². The number of carbonyl (C=O) groups excluding carboxylic acids is 10. The fourth-order valence-corrected chi connectivity index (χ4v) is 6.23. The smallest absolute Gasteiger partial charge is 0.490 e. The second kappa shape index (κ2) is 43.0. The lowest BCUT2D eigenvalue weighted by Gasteiger charge is -2.19. The summed E-state index contributed by atoms with van der Waals surface area (Å²) >= 11 is 0. The van der Waals surface area contributed by atoms with Gasteiger partial charge in [0.25, 0.3) is 0 Å². The molecule has 2 aromatic rings. The molecule has 0 spiro atoms. The number of ether oxygens (including phenoxy) is 20. The Morgan fingerprint density at radius 3 is 0.739 bits per heavy atom. The van der Waals surface area contributed by atoms with E-state index in [0.29, 0.717) is 11.1 Å². The van der Waals surface area contributed by atoms with Crippen LogP contribution in [0.2, 0.25) is 0 Å². The average Bonchev–Trinajstić information content (AvgIpc) is 2.70. The molecule has 0 radical (unpaired) electrons. The fourth-order valence-electron chi connectivity index (χ4n) is 6.23. The summed E-state index contributed by atoms with van der Waals surface area (Å²) in [7, 11) is 0. The normalized spacial score (nSPS) is 19.5. The Bertz CT molecular complexity index is 2480. The minimum absolute atomic E-state index is 0.000759. The zero-order valence-corrected chi connectivity index (χ0v) is 51.6. The molecule has 0 aromatic heterocycles. The molecule has 504 valence electrons. The number of hydrogen-bond donors (Lipinski definition) is 0. The zero-order chi connectivity index (χ0) is 67.8. The van der Waals surface area contributed by atoms with Crippen LogP contribution in [0.1, 0.15) is 69.1 Å². The molecule has 4 aliphatic rings. The van der Waals surface area contributed by atoms with E-state index in [-0.39, 0.29) is 137 Å². The topological polar surface area (TPSA) is 355 Å². The Kier molecular flexibility index (Phi) is 35.8. The molecular formula is C62H76O30. The van der Waals surface area contributed by atoms with Gasteiger partial charge in [0.2, 0.25) is 0 Å². The SMILES string of the molecule is C=C(C)C(=C)OCC1COC(=O)c2ccc(cc2)C(=O)OCC(COC(=C)C(=C)C)OC(=O)OCCOCCOCCOC(=O)OC(COC(=O)C(=C)C)COC(=O)c2ccc(cc2)C(=O)OCC(COC(=O)C(=C)C)OC(=O)OCCOCCOCCOC(=O)O1. The highest BCUT2D eigenvalue weighted by Gasteiger charge is 2.26. The minimum atomic E-state index is -1.37. The van der Waals surface area contributed by atoms with E-state index in [0.717, 1.165) is 0 Å². The summed E-state index contributed by atoms with van der Waals surface area (Å²) in [6, 6.07) is 9.96. The monoisotopic (exact) mass is 1300 g/mol. The van der Waals surface area contributed by atoms with Gasteiger partial charge in [-0.15, -0.1) is 0 Å². The third-order valence-corrected chi connectivity index (χ3v) is 11.2. The van der Waals surface area contributed by atoms with Gasteiger partial charge >= 0.3 is 60.4 Å². The molecule has 4 unspecified atom stereocenters. The molecule has 30 heteroatoms. The summed E-state index contributed by atoms with van der Waals surface area (Å²) < 4.78 is 106. The highest BCUT2D eigenvalue weighted by Crippen LogP contribution is 2.15. The van der Waals surface area contributed by atoms with Crippen molar-refractivity contribution in [1.82, 2.24) is 0 Å². The van der Waals surface area contributed by atoms with Crippen LogP contribution in [0, 0.1) is 0 Å². The van der Waals surface area contributed by atoms with Crippen LogP contribution in [0.3, 0.4) is 0 Å². The maximum absolute atomic E-state index is 13.1. The summed E-state index contributed by atoms with van der Waals surface area (Å²) in [6.45, 7) is 22.2. The van der Waals surface area contributed by atoms with Gasteiger partial charge in [-0.05, 0) is 87.4 Å². The molecule has 4 bridgehead atoms. The van der Waals surface area contributed by atoms with Gasteiger partial charge in [0.1, 0.15) is 90.8 Å². The number of benzene rings is 2. The van der Waals surface area contributed by atoms with E-state index in [1.807, 2.05) is 0 Å². The summed E-state index contributed by atoms with van der Waals surface area (Å²) in [5.41, 5.74) is 0.840.